The monoisotopic (exact) mass is 598 g/mol. The minimum atomic E-state index is -4.16. The molecule has 0 unspecified atom stereocenters. The molecule has 1 amide bonds. The summed E-state index contributed by atoms with van der Waals surface area (Å²) in [5.74, 6) is -0.309. The number of nitrogens with one attached hydrogen (secondary N) is 1. The van der Waals surface area contributed by atoms with Gasteiger partial charge in [-0.3, -0.25) is 9.10 Å². The Balaban J connectivity index is 1.59. The number of hydrogen-bond donors (Lipinski definition) is 1. The number of aryl methyl sites for hydroxylation is 1. The average molecular weight is 600 g/mol. The number of para-hydroxylation sites is 2. The average Bonchev–Trinajstić information content (AvgIpc) is 3.20. The molecule has 1 aromatic heterocycles. The number of ether oxygens (including phenoxy) is 1. The fraction of sp³-hybridized carbons (Fsp3) is 0.172. The third-order valence-electron chi connectivity index (χ3n) is 6.05. The predicted molar refractivity (Wildman–Crippen MR) is 160 cm³/mol. The lowest BCUT2D eigenvalue weighted by atomic mass is 10.2. The highest BCUT2D eigenvalue weighted by atomic mass is 35.5. The predicted octanol–water partition coefficient (Wildman–Crippen LogP) is 6.15. The van der Waals surface area contributed by atoms with Crippen LogP contribution < -0.4 is 14.5 Å². The summed E-state index contributed by atoms with van der Waals surface area (Å²) in [7, 11) is -4.16. The third-order valence-corrected chi connectivity index (χ3v) is 8.31. The van der Waals surface area contributed by atoms with Crippen molar-refractivity contribution in [1.82, 2.24) is 9.99 Å². The number of aromatic nitrogens is 1. The van der Waals surface area contributed by atoms with E-state index in [9.17, 15) is 13.2 Å². The molecule has 1 heterocycles. The Bertz CT molecular complexity index is 1650. The minimum Gasteiger partial charge on any atom is -0.492 e. The van der Waals surface area contributed by atoms with Crippen LogP contribution in [0.25, 0.3) is 5.69 Å². The van der Waals surface area contributed by atoms with Gasteiger partial charge in [0.1, 0.15) is 12.3 Å². The van der Waals surface area contributed by atoms with Crippen molar-refractivity contribution in [1.29, 1.82) is 0 Å². The van der Waals surface area contributed by atoms with E-state index in [1.54, 1.807) is 37.3 Å². The molecule has 208 valence electrons. The zero-order chi connectivity index (χ0) is 28.9. The highest BCUT2D eigenvalue weighted by Crippen LogP contribution is 2.32. The Morgan fingerprint density at radius 3 is 2.42 bits per heavy atom. The molecule has 4 rings (SSSR count). The molecule has 0 aliphatic carbocycles. The topological polar surface area (TPSA) is 93.0 Å². The Hall–Kier alpha value is -3.79. The number of carbonyl (C=O) groups excluding carboxylic acids is 1. The van der Waals surface area contributed by atoms with E-state index in [0.717, 1.165) is 26.9 Å². The van der Waals surface area contributed by atoms with Crippen LogP contribution in [0, 0.1) is 13.8 Å². The quantitative estimate of drug-likeness (QED) is 0.175. The third kappa shape index (κ3) is 6.50. The Morgan fingerprint density at radius 2 is 1.73 bits per heavy atom. The van der Waals surface area contributed by atoms with Crippen LogP contribution in [0.1, 0.15) is 23.9 Å². The molecular weight excluding hydrogens is 571 g/mol. The number of amides is 1. The lowest BCUT2D eigenvalue weighted by Crippen LogP contribution is -2.39. The van der Waals surface area contributed by atoms with E-state index in [0.29, 0.717) is 22.4 Å². The molecule has 0 atom stereocenters. The van der Waals surface area contributed by atoms with Gasteiger partial charge in [-0.05, 0) is 81.4 Å². The van der Waals surface area contributed by atoms with Crippen LogP contribution in [0.15, 0.2) is 88.9 Å². The Morgan fingerprint density at radius 1 is 1.00 bits per heavy atom. The standard InChI is InChI=1S/C29H28Cl2N4O4S/c1-4-39-28-11-6-5-10-27(28)34(40(37,38)26-14-12-23(30)13-15-26)19-29(36)33-32-18-22-16-20(2)35(21(22)3)25-9-7-8-24(31)17-25/h5-18H,4,19H2,1-3H3,(H,33,36)/b32-18-. The van der Waals surface area contributed by atoms with E-state index in [2.05, 4.69) is 10.5 Å². The summed E-state index contributed by atoms with van der Waals surface area (Å²) in [4.78, 5) is 13.0. The van der Waals surface area contributed by atoms with E-state index >= 15 is 0 Å². The largest absolute Gasteiger partial charge is 0.492 e. The summed E-state index contributed by atoms with van der Waals surface area (Å²) in [5.41, 5.74) is 6.22. The van der Waals surface area contributed by atoms with Crippen LogP contribution in [0.3, 0.4) is 0 Å². The second-order valence-corrected chi connectivity index (χ2v) is 11.5. The fourth-order valence-corrected chi connectivity index (χ4v) is 5.99. The number of halogens is 2. The van der Waals surface area contributed by atoms with Crippen molar-refractivity contribution in [3.8, 4) is 11.4 Å². The van der Waals surface area contributed by atoms with Crippen molar-refractivity contribution < 1.29 is 17.9 Å². The van der Waals surface area contributed by atoms with E-state index in [4.69, 9.17) is 27.9 Å². The number of rotatable bonds is 10. The van der Waals surface area contributed by atoms with Crippen molar-refractivity contribution in [2.45, 2.75) is 25.7 Å². The van der Waals surface area contributed by atoms with Gasteiger partial charge in [-0.15, -0.1) is 0 Å². The van der Waals surface area contributed by atoms with E-state index in [-0.39, 0.29) is 10.6 Å². The fourth-order valence-electron chi connectivity index (χ4n) is 4.24. The molecule has 0 aliphatic heterocycles. The van der Waals surface area contributed by atoms with Gasteiger partial charge in [0.25, 0.3) is 15.9 Å². The number of nitrogens with zero attached hydrogens (tertiary/aromatic N) is 3. The van der Waals surface area contributed by atoms with E-state index in [1.165, 1.54) is 30.5 Å². The van der Waals surface area contributed by atoms with Crippen molar-refractivity contribution in [2.24, 2.45) is 5.10 Å². The second-order valence-electron chi connectivity index (χ2n) is 8.80. The van der Waals surface area contributed by atoms with E-state index in [1.807, 2.05) is 42.7 Å². The number of benzene rings is 3. The van der Waals surface area contributed by atoms with E-state index < -0.39 is 22.5 Å². The van der Waals surface area contributed by atoms with Crippen molar-refractivity contribution in [3.63, 3.8) is 0 Å². The zero-order valence-electron chi connectivity index (χ0n) is 22.1. The van der Waals surface area contributed by atoms with Crippen LogP contribution >= 0.6 is 23.2 Å². The number of hydrogen-bond acceptors (Lipinski definition) is 5. The Kier molecular flexibility index (Phi) is 9.19. The number of carbonyl (C=O) groups is 1. The van der Waals surface area contributed by atoms with Crippen LogP contribution in [0.2, 0.25) is 10.0 Å². The first kappa shape index (κ1) is 29.2. The van der Waals surface area contributed by atoms with Crippen molar-refractivity contribution >= 4 is 51.0 Å². The maximum atomic E-state index is 13.7. The lowest BCUT2D eigenvalue weighted by Gasteiger charge is -2.25. The number of hydrazone groups is 1. The molecule has 0 aliphatic rings. The first-order chi connectivity index (χ1) is 19.1. The summed E-state index contributed by atoms with van der Waals surface area (Å²) in [5, 5.41) is 5.12. The van der Waals surface area contributed by atoms with Gasteiger partial charge in [0.15, 0.2) is 0 Å². The van der Waals surface area contributed by atoms with Gasteiger partial charge in [0.2, 0.25) is 0 Å². The van der Waals surface area contributed by atoms with Crippen molar-refractivity contribution in [2.75, 3.05) is 17.5 Å². The highest BCUT2D eigenvalue weighted by Gasteiger charge is 2.29. The zero-order valence-corrected chi connectivity index (χ0v) is 24.5. The second kappa shape index (κ2) is 12.6. The first-order valence-corrected chi connectivity index (χ1v) is 14.6. The van der Waals surface area contributed by atoms with Gasteiger partial charge < -0.3 is 9.30 Å². The molecule has 0 spiro atoms. The van der Waals surface area contributed by atoms with Crippen LogP contribution in [-0.4, -0.2) is 38.3 Å². The summed E-state index contributed by atoms with van der Waals surface area (Å²) in [6, 6.07) is 21.8. The molecule has 1 N–H and O–H groups in total. The normalized spacial score (nSPS) is 11.5. The molecule has 0 saturated carbocycles. The maximum Gasteiger partial charge on any atom is 0.264 e. The van der Waals surface area contributed by atoms with Crippen LogP contribution in [-0.2, 0) is 14.8 Å². The summed E-state index contributed by atoms with van der Waals surface area (Å²) in [6.07, 6.45) is 1.52. The molecule has 0 saturated heterocycles. The maximum absolute atomic E-state index is 13.7. The van der Waals surface area contributed by atoms with Crippen LogP contribution in [0.4, 0.5) is 5.69 Å². The van der Waals surface area contributed by atoms with Gasteiger partial charge in [-0.2, -0.15) is 5.10 Å². The molecule has 40 heavy (non-hydrogen) atoms. The molecular formula is C29H28Cl2N4O4S. The number of sulfonamides is 1. The number of anilines is 1. The molecule has 3 aromatic carbocycles. The SMILES string of the molecule is CCOc1ccccc1N(CC(=O)N/N=C\c1cc(C)n(-c2cccc(Cl)c2)c1C)S(=O)(=O)c1ccc(Cl)cc1. The lowest BCUT2D eigenvalue weighted by molar-refractivity contribution is -0.119. The molecule has 0 radical (unpaired) electrons. The summed E-state index contributed by atoms with van der Waals surface area (Å²) >= 11 is 12.1. The smallest absolute Gasteiger partial charge is 0.264 e. The van der Waals surface area contributed by atoms with Gasteiger partial charge in [0.05, 0.1) is 23.4 Å². The Labute approximate surface area is 243 Å². The van der Waals surface area contributed by atoms with Crippen molar-refractivity contribution in [3.05, 3.63) is 106 Å². The van der Waals surface area contributed by atoms with Gasteiger partial charge >= 0.3 is 0 Å². The summed E-state index contributed by atoms with van der Waals surface area (Å²) < 4.78 is 36.0. The molecule has 0 bridgehead atoms. The molecule has 11 heteroatoms. The molecule has 8 nitrogen and oxygen atoms in total. The highest BCUT2D eigenvalue weighted by molar-refractivity contribution is 7.92. The minimum absolute atomic E-state index is 0.0204. The molecule has 0 fully saturated rings. The van der Waals surface area contributed by atoms with Gasteiger partial charge in [0, 0.05) is 32.7 Å². The first-order valence-electron chi connectivity index (χ1n) is 12.4. The van der Waals surface area contributed by atoms with Gasteiger partial charge in [-0.25, -0.2) is 13.8 Å². The van der Waals surface area contributed by atoms with Crippen LogP contribution in [0.5, 0.6) is 5.75 Å². The summed E-state index contributed by atoms with van der Waals surface area (Å²) in [6.45, 7) is 5.46. The van der Waals surface area contributed by atoms with Gasteiger partial charge in [-0.1, -0.05) is 41.4 Å². The molecule has 4 aromatic rings.